The molecule has 68 valence electrons. The molecule has 2 aliphatic rings. The second kappa shape index (κ2) is 2.64. The number of hydrogen-bond donors (Lipinski definition) is 1. The molecule has 2 rings (SSSR count). The maximum Gasteiger partial charge on any atom is 0.317 e. The molecule has 0 aromatic heterocycles. The number of nitrogens with zero attached hydrogens (tertiary/aromatic N) is 1. The van der Waals surface area contributed by atoms with Crippen molar-refractivity contribution in [2.24, 2.45) is 5.41 Å². The van der Waals surface area contributed by atoms with Crippen molar-refractivity contribution >= 4 is 6.03 Å². The van der Waals surface area contributed by atoms with Crippen molar-refractivity contribution in [3.8, 4) is 0 Å². The van der Waals surface area contributed by atoms with Crippen molar-refractivity contribution in [2.75, 3.05) is 20.1 Å². The Hall–Kier alpha value is -0.730. The van der Waals surface area contributed by atoms with Gasteiger partial charge in [0, 0.05) is 25.6 Å². The van der Waals surface area contributed by atoms with E-state index in [-0.39, 0.29) is 6.03 Å². The lowest BCUT2D eigenvalue weighted by molar-refractivity contribution is 0.135. The van der Waals surface area contributed by atoms with E-state index in [2.05, 4.69) is 5.32 Å². The Morgan fingerprint density at radius 3 is 2.67 bits per heavy atom. The van der Waals surface area contributed by atoms with Gasteiger partial charge in [0.25, 0.3) is 0 Å². The fraction of sp³-hybridized carbons (Fsp3) is 0.889. The van der Waals surface area contributed by atoms with Crippen molar-refractivity contribution in [1.29, 1.82) is 0 Å². The summed E-state index contributed by atoms with van der Waals surface area (Å²) in [5, 5.41) is 2.95. The Bertz CT molecular complexity index is 197. The summed E-state index contributed by atoms with van der Waals surface area (Å²) in [5.74, 6) is 0. The second-order valence-electron chi connectivity index (χ2n) is 4.22. The zero-order chi connectivity index (χ0) is 8.60. The van der Waals surface area contributed by atoms with Gasteiger partial charge in [0.15, 0.2) is 0 Å². The van der Waals surface area contributed by atoms with E-state index in [1.54, 1.807) is 0 Å². The third kappa shape index (κ3) is 1.17. The van der Waals surface area contributed by atoms with Crippen LogP contribution in [0.15, 0.2) is 0 Å². The number of nitrogens with one attached hydrogen (secondary N) is 1. The van der Waals surface area contributed by atoms with Gasteiger partial charge in [-0.2, -0.15) is 0 Å². The van der Waals surface area contributed by atoms with E-state index in [4.69, 9.17) is 0 Å². The van der Waals surface area contributed by atoms with E-state index in [0.29, 0.717) is 5.41 Å². The summed E-state index contributed by atoms with van der Waals surface area (Å²) in [7, 11) is 1.88. The molecule has 0 unspecified atom stereocenters. The molecule has 0 bridgehead atoms. The Morgan fingerprint density at radius 2 is 2.08 bits per heavy atom. The summed E-state index contributed by atoms with van der Waals surface area (Å²) in [6.07, 6.45) is 5.25. The third-order valence-corrected chi connectivity index (χ3v) is 3.20. The average molecular weight is 168 g/mol. The highest BCUT2D eigenvalue weighted by Crippen LogP contribution is 2.39. The molecule has 3 nitrogen and oxygen atoms in total. The van der Waals surface area contributed by atoms with Gasteiger partial charge in [-0.1, -0.05) is 12.8 Å². The number of carbonyl (C=O) groups is 1. The van der Waals surface area contributed by atoms with Gasteiger partial charge in [-0.15, -0.1) is 0 Å². The highest BCUT2D eigenvalue weighted by molar-refractivity contribution is 5.74. The van der Waals surface area contributed by atoms with Crippen molar-refractivity contribution in [3.05, 3.63) is 0 Å². The molecule has 2 fully saturated rings. The summed E-state index contributed by atoms with van der Waals surface area (Å²) in [6, 6.07) is 0.0903. The first-order valence-electron chi connectivity index (χ1n) is 4.71. The highest BCUT2D eigenvalue weighted by atomic mass is 16.2. The number of amides is 2. The predicted molar refractivity (Wildman–Crippen MR) is 46.9 cm³/mol. The zero-order valence-electron chi connectivity index (χ0n) is 7.60. The van der Waals surface area contributed by atoms with Crippen LogP contribution >= 0.6 is 0 Å². The largest absolute Gasteiger partial charge is 0.337 e. The minimum atomic E-state index is 0.0903. The van der Waals surface area contributed by atoms with Gasteiger partial charge in [-0.05, 0) is 12.8 Å². The monoisotopic (exact) mass is 168 g/mol. The summed E-state index contributed by atoms with van der Waals surface area (Å²) in [6.45, 7) is 1.86. The van der Waals surface area contributed by atoms with Gasteiger partial charge >= 0.3 is 6.03 Å². The summed E-state index contributed by atoms with van der Waals surface area (Å²) < 4.78 is 0. The first-order chi connectivity index (χ1) is 5.72. The fourth-order valence-corrected chi connectivity index (χ4v) is 2.49. The van der Waals surface area contributed by atoms with Crippen molar-refractivity contribution in [2.45, 2.75) is 25.7 Å². The van der Waals surface area contributed by atoms with Gasteiger partial charge in [0.2, 0.25) is 0 Å². The van der Waals surface area contributed by atoms with E-state index < -0.39 is 0 Å². The number of urea groups is 1. The van der Waals surface area contributed by atoms with Gasteiger partial charge in [-0.25, -0.2) is 4.79 Å². The summed E-state index contributed by atoms with van der Waals surface area (Å²) in [5.41, 5.74) is 0.419. The molecule has 0 aromatic rings. The van der Waals surface area contributed by atoms with Crippen LogP contribution in [0.25, 0.3) is 0 Å². The molecule has 12 heavy (non-hydrogen) atoms. The van der Waals surface area contributed by atoms with Gasteiger partial charge in [0.05, 0.1) is 0 Å². The van der Waals surface area contributed by atoms with Crippen LogP contribution in [0.2, 0.25) is 0 Å². The molecule has 1 saturated carbocycles. The van der Waals surface area contributed by atoms with E-state index in [1.807, 2.05) is 11.9 Å². The maximum absolute atomic E-state index is 11.1. The normalized spacial score (nSPS) is 27.8. The molecule has 3 heteroatoms. The lowest BCUT2D eigenvalue weighted by atomic mass is 9.84. The van der Waals surface area contributed by atoms with Gasteiger partial charge in [0.1, 0.15) is 0 Å². The lowest BCUT2D eigenvalue weighted by Gasteiger charge is -2.38. The number of hydrogen-bond acceptors (Lipinski definition) is 1. The molecular weight excluding hydrogens is 152 g/mol. The van der Waals surface area contributed by atoms with Crippen LogP contribution in [0.4, 0.5) is 4.79 Å². The Labute approximate surface area is 73.1 Å². The molecular formula is C9H16N2O. The Kier molecular flexibility index (Phi) is 1.74. The fourth-order valence-electron chi connectivity index (χ4n) is 2.49. The predicted octanol–water partition coefficient (Wildman–Crippen LogP) is 1.20. The zero-order valence-corrected chi connectivity index (χ0v) is 7.60. The van der Waals surface area contributed by atoms with Crippen LogP contribution in [-0.2, 0) is 0 Å². The quantitative estimate of drug-likeness (QED) is 0.579. The van der Waals surface area contributed by atoms with Gasteiger partial charge < -0.3 is 10.2 Å². The molecule has 1 saturated heterocycles. The van der Waals surface area contributed by atoms with Crippen LogP contribution in [0.3, 0.4) is 0 Å². The molecule has 0 aromatic carbocycles. The Balaban J connectivity index is 2.05. The SMILES string of the molecule is CN1CC2(CCCC2)CNC1=O. The average Bonchev–Trinajstić information content (AvgIpc) is 2.47. The van der Waals surface area contributed by atoms with E-state index in [1.165, 1.54) is 25.7 Å². The lowest BCUT2D eigenvalue weighted by Crippen LogP contribution is -2.54. The Morgan fingerprint density at radius 1 is 1.42 bits per heavy atom. The summed E-state index contributed by atoms with van der Waals surface area (Å²) in [4.78, 5) is 13.0. The van der Waals surface area contributed by atoms with E-state index in [9.17, 15) is 4.79 Å². The highest BCUT2D eigenvalue weighted by Gasteiger charge is 2.39. The molecule has 0 radical (unpaired) electrons. The number of carbonyl (C=O) groups excluding carboxylic acids is 1. The van der Waals surface area contributed by atoms with Crippen LogP contribution in [0.5, 0.6) is 0 Å². The van der Waals surface area contributed by atoms with Crippen LogP contribution in [-0.4, -0.2) is 31.1 Å². The second-order valence-corrected chi connectivity index (χ2v) is 4.22. The van der Waals surface area contributed by atoms with Crippen molar-refractivity contribution in [1.82, 2.24) is 10.2 Å². The third-order valence-electron chi connectivity index (χ3n) is 3.20. The first kappa shape index (κ1) is 7.90. The summed E-state index contributed by atoms with van der Waals surface area (Å²) >= 11 is 0. The topological polar surface area (TPSA) is 32.3 Å². The van der Waals surface area contributed by atoms with Crippen molar-refractivity contribution in [3.63, 3.8) is 0 Å². The molecule has 1 N–H and O–H groups in total. The molecule has 1 aliphatic carbocycles. The van der Waals surface area contributed by atoms with Crippen LogP contribution in [0.1, 0.15) is 25.7 Å². The molecule has 1 spiro atoms. The standard InChI is InChI=1S/C9H16N2O/c1-11-7-9(4-2-3-5-9)6-10-8(11)12/h2-7H2,1H3,(H,10,12). The maximum atomic E-state index is 11.1. The molecule has 2 amide bonds. The molecule has 1 heterocycles. The van der Waals surface area contributed by atoms with E-state index >= 15 is 0 Å². The molecule has 0 atom stereocenters. The van der Waals surface area contributed by atoms with Crippen molar-refractivity contribution < 1.29 is 4.79 Å². The first-order valence-corrected chi connectivity index (χ1v) is 4.71. The minimum Gasteiger partial charge on any atom is -0.337 e. The van der Waals surface area contributed by atoms with E-state index in [0.717, 1.165) is 13.1 Å². The molecule has 1 aliphatic heterocycles. The van der Waals surface area contributed by atoms with Gasteiger partial charge in [-0.3, -0.25) is 0 Å². The number of rotatable bonds is 0. The smallest absolute Gasteiger partial charge is 0.317 e. The minimum absolute atomic E-state index is 0.0903. The van der Waals surface area contributed by atoms with Crippen LogP contribution < -0.4 is 5.32 Å². The van der Waals surface area contributed by atoms with Crippen LogP contribution in [0, 0.1) is 5.41 Å².